The Morgan fingerprint density at radius 3 is 2.81 bits per heavy atom. The largest absolute Gasteiger partial charge is 0.325 e. The van der Waals surface area contributed by atoms with Crippen LogP contribution in [0.5, 0.6) is 0 Å². The third-order valence-electron chi connectivity index (χ3n) is 2.67. The van der Waals surface area contributed by atoms with Gasteiger partial charge in [0.1, 0.15) is 0 Å². The van der Waals surface area contributed by atoms with Gasteiger partial charge >= 0.3 is 0 Å². The average Bonchev–Trinajstić information content (AvgIpc) is 2.47. The molecule has 0 unspecified atom stereocenters. The van der Waals surface area contributed by atoms with Gasteiger partial charge in [-0.1, -0.05) is 34.1 Å². The molecule has 0 heterocycles. The Bertz CT molecular complexity index is 682. The van der Waals surface area contributed by atoms with E-state index in [0.717, 1.165) is 10.2 Å². The molecule has 0 bridgehead atoms. The highest BCUT2D eigenvalue weighted by atomic mass is 79.9. The van der Waals surface area contributed by atoms with Gasteiger partial charge < -0.3 is 5.32 Å². The lowest BCUT2D eigenvalue weighted by Gasteiger charge is -2.06. The number of nitriles is 1. The molecule has 0 aliphatic carbocycles. The van der Waals surface area contributed by atoms with Gasteiger partial charge in [0.25, 0.3) is 0 Å². The molecule has 106 valence electrons. The van der Waals surface area contributed by atoms with Crippen LogP contribution in [0.4, 0.5) is 5.69 Å². The molecule has 2 rings (SSSR count). The summed E-state index contributed by atoms with van der Waals surface area (Å²) in [6, 6.07) is 17.0. The molecular weight excluding hydrogens is 348 g/mol. The highest BCUT2D eigenvalue weighted by molar-refractivity contribution is 9.10. The maximum atomic E-state index is 11.8. The molecular formula is C16H13BrN2OS. The summed E-state index contributed by atoms with van der Waals surface area (Å²) in [5, 5.41) is 11.6. The van der Waals surface area contributed by atoms with Gasteiger partial charge in [-0.2, -0.15) is 5.26 Å². The van der Waals surface area contributed by atoms with Crippen molar-refractivity contribution in [2.24, 2.45) is 0 Å². The number of nitrogens with one attached hydrogen (secondary N) is 1. The fraction of sp³-hybridized carbons (Fsp3) is 0.125. The Morgan fingerprint density at radius 1 is 1.24 bits per heavy atom. The Labute approximate surface area is 136 Å². The third-order valence-corrected chi connectivity index (χ3v) is 4.16. The van der Waals surface area contributed by atoms with Crippen LogP contribution < -0.4 is 5.32 Å². The number of hydrogen-bond donors (Lipinski definition) is 1. The Balaban J connectivity index is 1.81. The van der Waals surface area contributed by atoms with Crippen molar-refractivity contribution in [3.8, 4) is 6.07 Å². The first kappa shape index (κ1) is 15.6. The molecule has 1 N–H and O–H groups in total. The second kappa shape index (κ2) is 7.87. The van der Waals surface area contributed by atoms with Crippen LogP contribution >= 0.6 is 27.7 Å². The molecule has 1 amide bonds. The monoisotopic (exact) mass is 360 g/mol. The summed E-state index contributed by atoms with van der Waals surface area (Å²) < 4.78 is 1.04. The van der Waals surface area contributed by atoms with E-state index in [1.807, 2.05) is 30.3 Å². The van der Waals surface area contributed by atoms with Crippen LogP contribution in [0.15, 0.2) is 53.0 Å². The lowest BCUT2D eigenvalue weighted by Crippen LogP contribution is -2.14. The van der Waals surface area contributed by atoms with Crippen molar-refractivity contribution in [3.63, 3.8) is 0 Å². The first-order valence-electron chi connectivity index (χ1n) is 6.29. The molecule has 2 aromatic rings. The standard InChI is InChI=1S/C16H13BrN2OS/c17-14-5-1-4-13(7-14)10-21-11-16(20)19-15-6-2-3-12(8-15)9-18/h1-8H,10-11H2,(H,19,20). The van der Waals surface area contributed by atoms with Gasteiger partial charge in [-0.05, 0) is 35.9 Å². The van der Waals surface area contributed by atoms with Crippen molar-refractivity contribution in [2.45, 2.75) is 5.75 Å². The first-order valence-corrected chi connectivity index (χ1v) is 8.24. The maximum Gasteiger partial charge on any atom is 0.234 e. The predicted molar refractivity (Wildman–Crippen MR) is 90.1 cm³/mol. The summed E-state index contributed by atoms with van der Waals surface area (Å²) in [7, 11) is 0. The Hall–Kier alpha value is -1.77. The van der Waals surface area contributed by atoms with Crippen LogP contribution in [0.2, 0.25) is 0 Å². The van der Waals surface area contributed by atoms with E-state index < -0.39 is 0 Å². The number of halogens is 1. The lowest BCUT2D eigenvalue weighted by atomic mass is 10.2. The number of carbonyl (C=O) groups is 1. The van der Waals surface area contributed by atoms with Gasteiger partial charge in [0.05, 0.1) is 17.4 Å². The fourth-order valence-corrected chi connectivity index (χ4v) is 2.97. The smallest absolute Gasteiger partial charge is 0.234 e. The molecule has 5 heteroatoms. The van der Waals surface area contributed by atoms with Crippen LogP contribution in [-0.2, 0) is 10.5 Å². The van der Waals surface area contributed by atoms with E-state index in [1.165, 1.54) is 5.56 Å². The molecule has 0 atom stereocenters. The number of anilines is 1. The summed E-state index contributed by atoms with van der Waals surface area (Å²) in [4.78, 5) is 11.8. The number of carbonyl (C=O) groups excluding carboxylic acids is 1. The van der Waals surface area contributed by atoms with Crippen molar-refractivity contribution < 1.29 is 4.79 Å². The predicted octanol–water partition coefficient (Wildman–Crippen LogP) is 4.19. The summed E-state index contributed by atoms with van der Waals surface area (Å²) >= 11 is 4.98. The molecule has 0 aliphatic rings. The normalized spacial score (nSPS) is 9.90. The average molecular weight is 361 g/mol. The van der Waals surface area contributed by atoms with Crippen LogP contribution in [0.3, 0.4) is 0 Å². The Kier molecular flexibility index (Phi) is 5.85. The van der Waals surface area contributed by atoms with E-state index in [0.29, 0.717) is 17.0 Å². The fourth-order valence-electron chi connectivity index (χ4n) is 1.75. The minimum atomic E-state index is -0.0647. The zero-order valence-corrected chi connectivity index (χ0v) is 13.6. The van der Waals surface area contributed by atoms with Crippen molar-refractivity contribution >= 4 is 39.3 Å². The highest BCUT2D eigenvalue weighted by Gasteiger charge is 2.04. The maximum absolute atomic E-state index is 11.8. The zero-order valence-electron chi connectivity index (χ0n) is 11.2. The van der Waals surface area contributed by atoms with E-state index in [-0.39, 0.29) is 5.91 Å². The summed E-state index contributed by atoms with van der Waals surface area (Å²) in [6.07, 6.45) is 0. The molecule has 0 radical (unpaired) electrons. The van der Waals surface area contributed by atoms with Crippen LogP contribution in [0.25, 0.3) is 0 Å². The van der Waals surface area contributed by atoms with E-state index >= 15 is 0 Å². The summed E-state index contributed by atoms with van der Waals surface area (Å²) in [5.41, 5.74) is 2.37. The van der Waals surface area contributed by atoms with Crippen molar-refractivity contribution in [1.29, 1.82) is 5.26 Å². The van der Waals surface area contributed by atoms with Crippen LogP contribution in [-0.4, -0.2) is 11.7 Å². The van der Waals surface area contributed by atoms with Crippen molar-refractivity contribution in [2.75, 3.05) is 11.1 Å². The molecule has 0 saturated heterocycles. The van der Waals surface area contributed by atoms with Gasteiger partial charge in [0.15, 0.2) is 0 Å². The Morgan fingerprint density at radius 2 is 2.05 bits per heavy atom. The van der Waals surface area contributed by atoms with Crippen molar-refractivity contribution in [3.05, 3.63) is 64.1 Å². The molecule has 21 heavy (non-hydrogen) atoms. The molecule has 3 nitrogen and oxygen atoms in total. The number of amides is 1. The van der Waals surface area contributed by atoms with Gasteiger partial charge in [-0.3, -0.25) is 4.79 Å². The van der Waals surface area contributed by atoms with Gasteiger partial charge in [0, 0.05) is 15.9 Å². The van der Waals surface area contributed by atoms with Crippen molar-refractivity contribution in [1.82, 2.24) is 0 Å². The third kappa shape index (κ3) is 5.25. The minimum absolute atomic E-state index is 0.0647. The van der Waals surface area contributed by atoms with E-state index in [4.69, 9.17) is 5.26 Å². The topological polar surface area (TPSA) is 52.9 Å². The molecule has 2 aromatic carbocycles. The van der Waals surface area contributed by atoms with E-state index in [9.17, 15) is 4.79 Å². The number of rotatable bonds is 5. The van der Waals surface area contributed by atoms with Crippen LogP contribution in [0, 0.1) is 11.3 Å². The first-order chi connectivity index (χ1) is 10.2. The quantitative estimate of drug-likeness (QED) is 0.869. The van der Waals surface area contributed by atoms with Gasteiger partial charge in [0.2, 0.25) is 5.91 Å². The molecule has 0 aromatic heterocycles. The lowest BCUT2D eigenvalue weighted by molar-refractivity contribution is -0.113. The van der Waals surface area contributed by atoms with E-state index in [2.05, 4.69) is 21.2 Å². The van der Waals surface area contributed by atoms with Gasteiger partial charge in [-0.25, -0.2) is 0 Å². The molecule has 0 aliphatic heterocycles. The SMILES string of the molecule is N#Cc1cccc(NC(=O)CSCc2cccc(Br)c2)c1. The second-order valence-corrected chi connectivity index (χ2v) is 6.26. The highest BCUT2D eigenvalue weighted by Crippen LogP contribution is 2.17. The van der Waals surface area contributed by atoms with Crippen LogP contribution in [0.1, 0.15) is 11.1 Å². The zero-order chi connectivity index (χ0) is 15.1. The van der Waals surface area contributed by atoms with Gasteiger partial charge in [-0.15, -0.1) is 11.8 Å². The molecule has 0 spiro atoms. The molecule has 0 fully saturated rings. The number of thioether (sulfide) groups is 1. The molecule has 0 saturated carbocycles. The second-order valence-electron chi connectivity index (χ2n) is 4.36. The summed E-state index contributed by atoms with van der Waals surface area (Å²) in [5.74, 6) is 1.10. The van der Waals surface area contributed by atoms with E-state index in [1.54, 1.807) is 36.0 Å². The number of nitrogens with zero attached hydrogens (tertiary/aromatic N) is 1. The number of hydrogen-bond acceptors (Lipinski definition) is 3. The number of benzene rings is 2. The summed E-state index contributed by atoms with van der Waals surface area (Å²) in [6.45, 7) is 0. The minimum Gasteiger partial charge on any atom is -0.325 e.